The van der Waals surface area contributed by atoms with E-state index in [4.69, 9.17) is 0 Å². The highest BCUT2D eigenvalue weighted by Gasteiger charge is 2.14. The normalized spacial score (nSPS) is 18.1. The Bertz CT molecular complexity index is 159. The number of hydrogen-bond donors (Lipinski definition) is 1. The molecule has 0 heterocycles. The zero-order valence-electron chi connectivity index (χ0n) is 8.81. The molecule has 0 aromatic carbocycles. The lowest BCUT2D eigenvalue weighted by molar-refractivity contribution is -0.124. The molecule has 0 spiro atoms. The van der Waals surface area contributed by atoms with Crippen molar-refractivity contribution < 1.29 is 4.79 Å². The van der Waals surface area contributed by atoms with Crippen LogP contribution in [0.15, 0.2) is 0 Å². The Morgan fingerprint density at radius 3 is 2.54 bits per heavy atom. The Kier molecular flexibility index (Phi) is 4.26. The van der Waals surface area contributed by atoms with Gasteiger partial charge in [0.05, 0.1) is 0 Å². The molecule has 76 valence electrons. The van der Waals surface area contributed by atoms with Gasteiger partial charge >= 0.3 is 0 Å². The van der Waals surface area contributed by atoms with Gasteiger partial charge in [-0.1, -0.05) is 39.5 Å². The van der Waals surface area contributed by atoms with Crippen LogP contribution in [0.3, 0.4) is 0 Å². The number of hydrogen-bond acceptors (Lipinski definition) is 1. The summed E-state index contributed by atoms with van der Waals surface area (Å²) in [6.45, 7) is 4.75. The van der Waals surface area contributed by atoms with E-state index < -0.39 is 0 Å². The van der Waals surface area contributed by atoms with Crippen molar-refractivity contribution >= 4 is 5.91 Å². The van der Waals surface area contributed by atoms with Crippen LogP contribution >= 0.6 is 0 Å². The fourth-order valence-corrected chi connectivity index (χ4v) is 1.90. The van der Waals surface area contributed by atoms with E-state index >= 15 is 0 Å². The zero-order chi connectivity index (χ0) is 9.68. The van der Waals surface area contributed by atoms with Gasteiger partial charge in [0.1, 0.15) is 0 Å². The quantitative estimate of drug-likeness (QED) is 0.712. The molecule has 0 aromatic heterocycles. The number of nitrogens with one attached hydrogen (secondary N) is 1. The van der Waals surface area contributed by atoms with Gasteiger partial charge in [0.2, 0.25) is 5.91 Å². The van der Waals surface area contributed by atoms with Crippen LogP contribution in [0.1, 0.15) is 46.0 Å². The summed E-state index contributed by atoms with van der Waals surface area (Å²) < 4.78 is 0. The van der Waals surface area contributed by atoms with Crippen LogP contribution < -0.4 is 5.32 Å². The van der Waals surface area contributed by atoms with Crippen LogP contribution in [0, 0.1) is 11.8 Å². The van der Waals surface area contributed by atoms with Crippen LogP contribution in [-0.4, -0.2) is 12.5 Å². The Hall–Kier alpha value is -0.530. The van der Waals surface area contributed by atoms with E-state index in [2.05, 4.69) is 5.32 Å². The molecular weight excluding hydrogens is 162 g/mol. The van der Waals surface area contributed by atoms with Gasteiger partial charge in [0, 0.05) is 12.5 Å². The number of rotatable bonds is 4. The van der Waals surface area contributed by atoms with Crippen molar-refractivity contribution in [2.24, 2.45) is 11.8 Å². The van der Waals surface area contributed by atoms with Gasteiger partial charge in [-0.15, -0.1) is 0 Å². The molecule has 1 N–H and O–H groups in total. The van der Waals surface area contributed by atoms with Gasteiger partial charge in [0.25, 0.3) is 0 Å². The SMILES string of the molecule is CC(C)C(=O)NCCC1CCCC1. The van der Waals surface area contributed by atoms with Crippen molar-refractivity contribution in [3.63, 3.8) is 0 Å². The fraction of sp³-hybridized carbons (Fsp3) is 0.909. The van der Waals surface area contributed by atoms with Gasteiger partial charge in [0.15, 0.2) is 0 Å². The Morgan fingerprint density at radius 2 is 2.00 bits per heavy atom. The van der Waals surface area contributed by atoms with E-state index in [-0.39, 0.29) is 11.8 Å². The second-order valence-corrected chi connectivity index (χ2v) is 4.38. The second kappa shape index (κ2) is 5.25. The number of carbonyl (C=O) groups excluding carboxylic acids is 1. The maximum Gasteiger partial charge on any atom is 0.222 e. The molecule has 0 aromatic rings. The molecule has 1 aliphatic carbocycles. The van der Waals surface area contributed by atoms with E-state index in [0.717, 1.165) is 12.5 Å². The molecule has 0 unspecified atom stereocenters. The summed E-state index contributed by atoms with van der Waals surface area (Å²) in [6.07, 6.45) is 6.71. The lowest BCUT2D eigenvalue weighted by atomic mass is 10.0. The monoisotopic (exact) mass is 183 g/mol. The summed E-state index contributed by atoms with van der Waals surface area (Å²) in [7, 11) is 0. The predicted molar refractivity (Wildman–Crippen MR) is 54.4 cm³/mol. The van der Waals surface area contributed by atoms with Crippen molar-refractivity contribution in [1.82, 2.24) is 5.32 Å². The Labute approximate surface area is 81.1 Å². The van der Waals surface area contributed by atoms with Crippen molar-refractivity contribution in [1.29, 1.82) is 0 Å². The average Bonchev–Trinajstić information content (AvgIpc) is 2.56. The van der Waals surface area contributed by atoms with Crippen molar-refractivity contribution in [3.05, 3.63) is 0 Å². The van der Waals surface area contributed by atoms with Gasteiger partial charge in [-0.25, -0.2) is 0 Å². The summed E-state index contributed by atoms with van der Waals surface area (Å²) in [6, 6.07) is 0. The van der Waals surface area contributed by atoms with E-state index in [9.17, 15) is 4.79 Å². The predicted octanol–water partition coefficient (Wildman–Crippen LogP) is 2.34. The van der Waals surface area contributed by atoms with E-state index in [1.165, 1.54) is 32.1 Å². The molecule has 0 radical (unpaired) electrons. The van der Waals surface area contributed by atoms with Crippen molar-refractivity contribution in [3.8, 4) is 0 Å². The van der Waals surface area contributed by atoms with Gasteiger partial charge in [-0.2, -0.15) is 0 Å². The first kappa shape index (κ1) is 10.6. The molecule has 2 heteroatoms. The highest BCUT2D eigenvalue weighted by atomic mass is 16.1. The van der Waals surface area contributed by atoms with Crippen LogP contribution in [0.5, 0.6) is 0 Å². The smallest absolute Gasteiger partial charge is 0.222 e. The summed E-state index contributed by atoms with van der Waals surface area (Å²) >= 11 is 0. The fourth-order valence-electron chi connectivity index (χ4n) is 1.90. The van der Waals surface area contributed by atoms with Crippen LogP contribution in [0.4, 0.5) is 0 Å². The maximum atomic E-state index is 11.2. The zero-order valence-corrected chi connectivity index (χ0v) is 8.81. The minimum Gasteiger partial charge on any atom is -0.356 e. The highest BCUT2D eigenvalue weighted by Crippen LogP contribution is 2.26. The van der Waals surface area contributed by atoms with E-state index in [0.29, 0.717) is 0 Å². The standard InChI is InChI=1S/C11H21NO/c1-9(2)11(13)12-8-7-10-5-3-4-6-10/h9-10H,3-8H2,1-2H3,(H,12,13). The maximum absolute atomic E-state index is 11.2. The lowest BCUT2D eigenvalue weighted by Gasteiger charge is -2.10. The van der Waals surface area contributed by atoms with Crippen molar-refractivity contribution in [2.45, 2.75) is 46.0 Å². The molecule has 2 nitrogen and oxygen atoms in total. The average molecular weight is 183 g/mol. The number of carbonyl (C=O) groups is 1. The molecule has 1 amide bonds. The molecule has 0 atom stereocenters. The lowest BCUT2D eigenvalue weighted by Crippen LogP contribution is -2.29. The summed E-state index contributed by atoms with van der Waals surface area (Å²) in [5.41, 5.74) is 0. The molecule has 13 heavy (non-hydrogen) atoms. The van der Waals surface area contributed by atoms with Crippen molar-refractivity contribution in [2.75, 3.05) is 6.54 Å². The van der Waals surface area contributed by atoms with Crippen LogP contribution in [0.2, 0.25) is 0 Å². The molecule has 0 saturated heterocycles. The Morgan fingerprint density at radius 1 is 1.38 bits per heavy atom. The van der Waals surface area contributed by atoms with E-state index in [1.54, 1.807) is 0 Å². The first-order chi connectivity index (χ1) is 6.20. The molecule has 0 aliphatic heterocycles. The third-order valence-electron chi connectivity index (χ3n) is 2.85. The third kappa shape index (κ3) is 3.79. The van der Waals surface area contributed by atoms with Gasteiger partial charge in [-0.3, -0.25) is 4.79 Å². The van der Waals surface area contributed by atoms with Crippen LogP contribution in [0.25, 0.3) is 0 Å². The van der Waals surface area contributed by atoms with Gasteiger partial charge < -0.3 is 5.32 Å². The molecule has 1 aliphatic rings. The first-order valence-electron chi connectivity index (χ1n) is 5.48. The second-order valence-electron chi connectivity index (χ2n) is 4.38. The Balaban J connectivity index is 2.03. The largest absolute Gasteiger partial charge is 0.356 e. The van der Waals surface area contributed by atoms with Gasteiger partial charge in [-0.05, 0) is 12.3 Å². The van der Waals surface area contributed by atoms with Crippen LogP contribution in [-0.2, 0) is 4.79 Å². The summed E-state index contributed by atoms with van der Waals surface area (Å²) in [5.74, 6) is 1.20. The molecule has 0 bridgehead atoms. The third-order valence-corrected chi connectivity index (χ3v) is 2.85. The molecule has 1 rings (SSSR count). The molecule has 1 saturated carbocycles. The summed E-state index contributed by atoms with van der Waals surface area (Å²) in [4.78, 5) is 11.2. The topological polar surface area (TPSA) is 29.1 Å². The highest BCUT2D eigenvalue weighted by molar-refractivity contribution is 5.77. The van der Waals surface area contributed by atoms with E-state index in [1.807, 2.05) is 13.8 Å². The number of amides is 1. The summed E-state index contributed by atoms with van der Waals surface area (Å²) in [5, 5.41) is 2.97. The first-order valence-corrected chi connectivity index (χ1v) is 5.48. The minimum absolute atomic E-state index is 0.128. The minimum atomic E-state index is 0.128. The molecular formula is C11H21NO. The molecule has 1 fully saturated rings.